The van der Waals surface area contributed by atoms with Crippen molar-refractivity contribution in [1.29, 1.82) is 0 Å². The molecule has 0 saturated heterocycles. The molecular weight excluding hydrogens is 1630 g/mol. The Kier molecular flexibility index (Phi) is 16.6. The number of pyridine rings is 1. The fourth-order valence-electron chi connectivity index (χ4n) is 20.0. The molecule has 0 saturated carbocycles. The van der Waals surface area contributed by atoms with Crippen molar-refractivity contribution < 1.29 is 17.7 Å². The summed E-state index contributed by atoms with van der Waals surface area (Å²) in [5, 5.41) is 20.0. The van der Waals surface area contributed by atoms with Gasteiger partial charge in [0.15, 0.2) is 5.82 Å². The van der Waals surface area contributed by atoms with Crippen LogP contribution in [-0.4, -0.2) is 63.1 Å². The molecule has 0 spiro atoms. The minimum absolute atomic E-state index is 0.624. The van der Waals surface area contributed by atoms with Gasteiger partial charge in [0.2, 0.25) is 17.8 Å². The van der Waals surface area contributed by atoms with Crippen molar-refractivity contribution in [2.75, 3.05) is 0 Å². The molecule has 0 fully saturated rings. The van der Waals surface area contributed by atoms with Crippen LogP contribution in [0.5, 0.6) is 0 Å². The Balaban J connectivity index is 0.0000000904. The normalized spacial score (nSPS) is 11.9. The third-order valence-electron chi connectivity index (χ3n) is 25.6. The number of nitrogens with zero attached hydrogens (tertiary/aromatic N) is 13. The van der Waals surface area contributed by atoms with E-state index < -0.39 is 0 Å². The second-order valence-electron chi connectivity index (χ2n) is 32.9. The van der Waals surface area contributed by atoms with Crippen LogP contribution in [0.3, 0.4) is 0 Å². The highest BCUT2D eigenvalue weighted by molar-refractivity contribution is 6.31. The molecule has 17 nitrogen and oxygen atoms in total. The van der Waals surface area contributed by atoms with Gasteiger partial charge in [0, 0.05) is 77.4 Å². The first-order chi connectivity index (χ1) is 65.5. The minimum Gasteiger partial charge on any atom is -0.456 e. The van der Waals surface area contributed by atoms with E-state index in [-0.39, 0.29) is 0 Å². The molecule has 17 aromatic carbocycles. The zero-order valence-electron chi connectivity index (χ0n) is 70.1. The Morgan fingerprint density at radius 2 is 0.485 bits per heavy atom. The van der Waals surface area contributed by atoms with E-state index in [9.17, 15) is 0 Å². The molecule has 17 heteroatoms. The van der Waals surface area contributed by atoms with E-state index >= 15 is 0 Å². The van der Waals surface area contributed by atoms with E-state index in [0.29, 0.717) is 17.8 Å². The molecule has 13 heterocycles. The molecule has 616 valence electrons. The van der Waals surface area contributed by atoms with Gasteiger partial charge in [-0.1, -0.05) is 255 Å². The summed E-state index contributed by atoms with van der Waals surface area (Å²) in [6.07, 6.45) is 5.42. The summed E-state index contributed by atoms with van der Waals surface area (Å²) in [4.78, 5) is 43.9. The van der Waals surface area contributed by atoms with E-state index in [2.05, 4.69) is 216 Å². The molecule has 30 rings (SSSR count). The fraction of sp³-hybridized carbons (Fsp3) is 0. The largest absolute Gasteiger partial charge is 0.456 e. The van der Waals surface area contributed by atoms with Gasteiger partial charge in [0.1, 0.15) is 55.9 Å². The molecule has 0 aliphatic rings. The maximum Gasteiger partial charge on any atom is 0.235 e. The molecule has 0 atom stereocenters. The van der Waals surface area contributed by atoms with Crippen LogP contribution in [0.15, 0.2) is 425 Å². The van der Waals surface area contributed by atoms with Crippen LogP contribution in [-0.2, 0) is 0 Å². The summed E-state index contributed by atoms with van der Waals surface area (Å²) in [6.45, 7) is 0. The van der Waals surface area contributed by atoms with E-state index in [1.54, 1.807) is 12.4 Å². The predicted molar refractivity (Wildman–Crippen MR) is 533 cm³/mol. The Bertz CT molecular complexity index is 9730. The molecule has 0 amide bonds. The first-order valence-corrected chi connectivity index (χ1v) is 43.8. The van der Waals surface area contributed by atoms with Gasteiger partial charge in [-0.15, -0.1) is 0 Å². The van der Waals surface area contributed by atoms with Crippen molar-refractivity contribution in [3.8, 4) is 46.2 Å². The molecular formula is C115H67N13O4. The highest BCUT2D eigenvalue weighted by Crippen LogP contribution is 2.47. The van der Waals surface area contributed by atoms with Gasteiger partial charge in [-0.3, -0.25) is 23.3 Å². The van der Waals surface area contributed by atoms with Gasteiger partial charge in [-0.05, 0) is 155 Å². The van der Waals surface area contributed by atoms with Crippen LogP contribution >= 0.6 is 0 Å². The van der Waals surface area contributed by atoms with Crippen LogP contribution < -0.4 is 0 Å². The maximum absolute atomic E-state index is 6.51. The molecule has 0 unspecified atom stereocenters. The maximum atomic E-state index is 6.51. The molecule has 0 aliphatic heterocycles. The Morgan fingerprint density at radius 1 is 0.174 bits per heavy atom. The van der Waals surface area contributed by atoms with Crippen molar-refractivity contribution in [3.63, 3.8) is 0 Å². The van der Waals surface area contributed by atoms with Crippen molar-refractivity contribution in [1.82, 2.24) is 63.1 Å². The Labute approximate surface area is 747 Å². The van der Waals surface area contributed by atoms with Crippen LogP contribution in [0.2, 0.25) is 0 Å². The van der Waals surface area contributed by atoms with Crippen molar-refractivity contribution >= 4 is 219 Å². The SMILES string of the molecule is c1ccc(-c2nc(-n3c4cccc5oc6ccccc6c6cccc3c6c54)nc3ccccc23)cc1.c1ccc(-c2nc3ccccc3nc2-n2c3cccc4oc5ccccc5c5cccc2c5c43)cc1.c1ccc2nc(-n3c4cccc5oc6ccccc6c6cccc3c6c54)ncc2c1.c1cnc2cnc(-n3c4cccc5oc6ccccc6c6cccc3c6c54)nc2c1. The third-order valence-corrected chi connectivity index (χ3v) is 25.6. The van der Waals surface area contributed by atoms with Crippen LogP contribution in [0.4, 0.5) is 0 Å². The quantitative estimate of drug-likeness (QED) is 0.153. The summed E-state index contributed by atoms with van der Waals surface area (Å²) in [5.74, 6) is 2.74. The molecule has 0 N–H and O–H groups in total. The molecule has 13 aromatic heterocycles. The van der Waals surface area contributed by atoms with E-state index in [0.717, 1.165) is 236 Å². The summed E-state index contributed by atoms with van der Waals surface area (Å²) < 4.78 is 34.4. The first-order valence-electron chi connectivity index (χ1n) is 43.8. The third kappa shape index (κ3) is 11.6. The molecule has 132 heavy (non-hydrogen) atoms. The second-order valence-corrected chi connectivity index (χ2v) is 32.9. The number of hydrogen-bond acceptors (Lipinski definition) is 13. The van der Waals surface area contributed by atoms with Crippen LogP contribution in [0.25, 0.3) is 265 Å². The minimum atomic E-state index is 0.624. The highest BCUT2D eigenvalue weighted by Gasteiger charge is 2.28. The molecule has 0 aliphatic carbocycles. The smallest absolute Gasteiger partial charge is 0.235 e. The summed E-state index contributed by atoms with van der Waals surface area (Å²) >= 11 is 0. The summed E-state index contributed by atoms with van der Waals surface area (Å²) in [6, 6.07) is 132. The zero-order chi connectivity index (χ0) is 86.6. The van der Waals surface area contributed by atoms with Gasteiger partial charge in [0.25, 0.3) is 0 Å². The fourth-order valence-corrected chi connectivity index (χ4v) is 20.0. The van der Waals surface area contributed by atoms with Crippen molar-refractivity contribution in [3.05, 3.63) is 407 Å². The average molecular weight is 1690 g/mol. The average Bonchev–Trinajstić information content (AvgIpc) is 1.58. The highest BCUT2D eigenvalue weighted by atomic mass is 16.3. The van der Waals surface area contributed by atoms with Gasteiger partial charge in [-0.25, -0.2) is 39.9 Å². The van der Waals surface area contributed by atoms with Crippen molar-refractivity contribution in [2.45, 2.75) is 0 Å². The molecule has 30 aromatic rings. The monoisotopic (exact) mass is 1690 g/mol. The lowest BCUT2D eigenvalue weighted by molar-refractivity contribution is 0.663. The first kappa shape index (κ1) is 74.0. The number of benzene rings is 17. The Hall–Kier alpha value is -18.4. The second kappa shape index (κ2) is 29.6. The standard InChI is InChI=1S/2C32H19N3O.C26H15N3O.C25H14N4O/c1-2-10-20(11-3-1)31-32(34-24-15-6-5-14-23(24)33-31)35-25-16-8-13-22-21-12-4-7-18-27(21)36-28-19-9-17-26(35)30(28)29(22)25;1-2-10-20(11-3-1)31-23-13-4-6-15-24(23)33-32(34-31)35-25-16-8-14-22-21-12-5-7-18-27(21)36-28-19-9-17-26(35)30(28)29(22)25;1-3-10-19-16(7-1)15-27-26(28-19)29-20-11-5-9-18-17-8-2-4-13-22(17)30-23-14-6-12-21(29)25(23)24(18)20;1-2-11-21-15(6-1)16-7-3-9-19-23(16)24-20(10-4-12-22(24)30-21)29(19)25-27-14-18-17(28-25)8-5-13-26-18/h2*1-19H;1-15H;1-14H. The number of rotatable bonds is 6. The van der Waals surface area contributed by atoms with Gasteiger partial charge in [0.05, 0.1) is 105 Å². The summed E-state index contributed by atoms with van der Waals surface area (Å²) in [5.41, 5.74) is 24.3. The summed E-state index contributed by atoms with van der Waals surface area (Å²) in [7, 11) is 0. The number of para-hydroxylation sites is 8. The number of hydrogen-bond donors (Lipinski definition) is 0. The number of fused-ring (bicyclic) bond motifs is 12. The lowest BCUT2D eigenvalue weighted by Crippen LogP contribution is -2.03. The van der Waals surface area contributed by atoms with Gasteiger partial charge >= 0.3 is 0 Å². The molecule has 0 radical (unpaired) electrons. The Morgan fingerprint density at radius 3 is 0.955 bits per heavy atom. The van der Waals surface area contributed by atoms with E-state index in [1.165, 1.54) is 10.8 Å². The van der Waals surface area contributed by atoms with Gasteiger partial charge < -0.3 is 17.7 Å². The van der Waals surface area contributed by atoms with Crippen molar-refractivity contribution in [2.24, 2.45) is 0 Å². The zero-order valence-corrected chi connectivity index (χ0v) is 70.1. The lowest BCUT2D eigenvalue weighted by Gasteiger charge is -2.13. The van der Waals surface area contributed by atoms with Gasteiger partial charge in [-0.2, -0.15) is 0 Å². The molecule has 0 bridgehead atoms. The van der Waals surface area contributed by atoms with E-state index in [1.807, 2.05) is 206 Å². The topological polar surface area (TPSA) is 188 Å². The van der Waals surface area contributed by atoms with Crippen LogP contribution in [0.1, 0.15) is 0 Å². The van der Waals surface area contributed by atoms with Crippen LogP contribution in [0, 0.1) is 0 Å². The predicted octanol–water partition coefficient (Wildman–Crippen LogP) is 29.2. The number of aromatic nitrogens is 13. The lowest BCUT2D eigenvalue weighted by atomic mass is 10.1. The van der Waals surface area contributed by atoms with E-state index in [4.69, 9.17) is 52.6 Å².